The fraction of sp³-hybridized carbons (Fsp3) is 0.500. The van der Waals surface area contributed by atoms with E-state index in [-0.39, 0.29) is 5.78 Å². The number of carbonyl (C=O) groups is 1. The van der Waals surface area contributed by atoms with Gasteiger partial charge in [0.25, 0.3) is 0 Å². The van der Waals surface area contributed by atoms with E-state index >= 15 is 0 Å². The van der Waals surface area contributed by atoms with Crippen molar-refractivity contribution in [2.24, 2.45) is 5.92 Å². The number of anilines is 1. The highest BCUT2D eigenvalue weighted by atomic mass is 16.1. The van der Waals surface area contributed by atoms with Crippen molar-refractivity contribution < 1.29 is 4.79 Å². The molecule has 16 heavy (non-hydrogen) atoms. The van der Waals surface area contributed by atoms with E-state index in [9.17, 15) is 4.79 Å². The van der Waals surface area contributed by atoms with Gasteiger partial charge in [-0.25, -0.2) is 0 Å². The second kappa shape index (κ2) is 5.69. The molecule has 2 nitrogen and oxygen atoms in total. The van der Waals surface area contributed by atoms with E-state index in [2.05, 4.69) is 13.8 Å². The first-order chi connectivity index (χ1) is 7.54. The molecule has 0 saturated heterocycles. The monoisotopic (exact) mass is 219 g/mol. The smallest absolute Gasteiger partial charge is 0.165 e. The summed E-state index contributed by atoms with van der Waals surface area (Å²) in [5, 5.41) is 0. The van der Waals surface area contributed by atoms with Crippen LogP contribution in [0.2, 0.25) is 0 Å². The van der Waals surface area contributed by atoms with Crippen molar-refractivity contribution in [3.8, 4) is 0 Å². The van der Waals surface area contributed by atoms with Gasteiger partial charge in [-0.1, -0.05) is 38.3 Å². The van der Waals surface area contributed by atoms with Crippen molar-refractivity contribution in [2.75, 3.05) is 5.73 Å². The Morgan fingerprint density at radius 3 is 2.75 bits per heavy atom. The molecule has 0 aliphatic heterocycles. The predicted molar refractivity (Wildman–Crippen MR) is 68.6 cm³/mol. The Morgan fingerprint density at radius 1 is 1.44 bits per heavy atom. The molecule has 0 amide bonds. The zero-order valence-corrected chi connectivity index (χ0v) is 10.4. The van der Waals surface area contributed by atoms with E-state index in [4.69, 9.17) is 5.73 Å². The molecule has 0 aromatic heterocycles. The number of nitrogens with two attached hydrogens (primary N) is 1. The molecule has 0 radical (unpaired) electrons. The maximum atomic E-state index is 12.0. The topological polar surface area (TPSA) is 43.1 Å². The van der Waals surface area contributed by atoms with E-state index < -0.39 is 0 Å². The predicted octanol–water partition coefficient (Wildman–Crippen LogP) is 3.59. The number of Topliss-reactive ketones (excluding diaryl/α,β-unsaturated/α-hetero) is 1. The van der Waals surface area contributed by atoms with Crippen molar-refractivity contribution >= 4 is 11.5 Å². The third kappa shape index (κ3) is 3.37. The number of nitrogen functional groups attached to an aromatic ring is 1. The van der Waals surface area contributed by atoms with Crippen LogP contribution in [-0.2, 0) is 0 Å². The lowest BCUT2D eigenvalue weighted by molar-refractivity contribution is 0.0963. The number of aryl methyl sites for hydroxylation is 1. The third-order valence-electron chi connectivity index (χ3n) is 2.82. The van der Waals surface area contributed by atoms with Crippen LogP contribution >= 0.6 is 0 Å². The molecule has 0 heterocycles. The number of benzene rings is 1. The molecule has 88 valence electrons. The lowest BCUT2D eigenvalue weighted by Gasteiger charge is -2.10. The molecular formula is C14H21NO. The lowest BCUT2D eigenvalue weighted by atomic mass is 9.95. The molecule has 1 rings (SSSR count). The first-order valence-corrected chi connectivity index (χ1v) is 5.94. The van der Waals surface area contributed by atoms with Gasteiger partial charge in [0.2, 0.25) is 0 Å². The van der Waals surface area contributed by atoms with Crippen molar-refractivity contribution in [1.82, 2.24) is 0 Å². The van der Waals surface area contributed by atoms with Gasteiger partial charge in [0.05, 0.1) is 0 Å². The average molecular weight is 219 g/mol. The van der Waals surface area contributed by atoms with Gasteiger partial charge in [-0.05, 0) is 25.0 Å². The number of rotatable bonds is 5. The fourth-order valence-electron chi connectivity index (χ4n) is 1.93. The fourth-order valence-corrected chi connectivity index (χ4v) is 1.93. The van der Waals surface area contributed by atoms with Gasteiger partial charge in [0.15, 0.2) is 5.78 Å². The summed E-state index contributed by atoms with van der Waals surface area (Å²) in [7, 11) is 0. The van der Waals surface area contributed by atoms with E-state index in [0.717, 1.165) is 18.4 Å². The number of ketones is 1. The maximum Gasteiger partial charge on any atom is 0.165 e. The molecule has 0 saturated carbocycles. The van der Waals surface area contributed by atoms with Gasteiger partial charge >= 0.3 is 0 Å². The van der Waals surface area contributed by atoms with Crippen LogP contribution in [0.5, 0.6) is 0 Å². The first-order valence-electron chi connectivity index (χ1n) is 5.94. The Labute approximate surface area is 97.9 Å². The van der Waals surface area contributed by atoms with Crippen LogP contribution in [0.25, 0.3) is 0 Å². The molecule has 1 unspecified atom stereocenters. The number of hydrogen-bond acceptors (Lipinski definition) is 2. The highest BCUT2D eigenvalue weighted by Gasteiger charge is 2.13. The molecule has 2 heteroatoms. The summed E-state index contributed by atoms with van der Waals surface area (Å²) in [6, 6.07) is 5.63. The first kappa shape index (κ1) is 12.8. The molecule has 2 N–H and O–H groups in total. The third-order valence-corrected chi connectivity index (χ3v) is 2.82. The molecule has 0 spiro atoms. The Morgan fingerprint density at radius 2 is 2.12 bits per heavy atom. The summed E-state index contributed by atoms with van der Waals surface area (Å²) < 4.78 is 0. The van der Waals surface area contributed by atoms with Crippen LogP contribution in [0.1, 0.15) is 49.0 Å². The molecule has 0 fully saturated rings. The molecule has 1 aromatic rings. The van der Waals surface area contributed by atoms with Crippen molar-refractivity contribution in [2.45, 2.75) is 40.0 Å². The van der Waals surface area contributed by atoms with Gasteiger partial charge in [0, 0.05) is 17.7 Å². The van der Waals surface area contributed by atoms with Crippen molar-refractivity contribution in [1.29, 1.82) is 0 Å². The molecule has 0 bridgehead atoms. The van der Waals surface area contributed by atoms with E-state index in [1.54, 1.807) is 0 Å². The van der Waals surface area contributed by atoms with Crippen LogP contribution in [0.4, 0.5) is 5.69 Å². The molecular weight excluding hydrogens is 198 g/mol. The highest BCUT2D eigenvalue weighted by Crippen LogP contribution is 2.19. The SMILES string of the molecule is CCCC(C)CC(=O)c1cc(C)ccc1N. The van der Waals surface area contributed by atoms with E-state index in [0.29, 0.717) is 23.6 Å². The minimum Gasteiger partial charge on any atom is -0.398 e. The summed E-state index contributed by atoms with van der Waals surface area (Å²) in [4.78, 5) is 12.0. The Bertz CT molecular complexity index is 371. The van der Waals surface area contributed by atoms with Crippen molar-refractivity contribution in [3.05, 3.63) is 29.3 Å². The highest BCUT2D eigenvalue weighted by molar-refractivity contribution is 6.01. The van der Waals surface area contributed by atoms with Crippen LogP contribution in [0.15, 0.2) is 18.2 Å². The summed E-state index contributed by atoms with van der Waals surface area (Å²) in [5.41, 5.74) is 8.18. The molecule has 1 aromatic carbocycles. The van der Waals surface area contributed by atoms with Gasteiger partial charge in [0.1, 0.15) is 0 Å². The zero-order chi connectivity index (χ0) is 12.1. The summed E-state index contributed by atoms with van der Waals surface area (Å²) in [5.74, 6) is 0.611. The largest absolute Gasteiger partial charge is 0.398 e. The Balaban J connectivity index is 2.76. The second-order valence-corrected chi connectivity index (χ2v) is 4.61. The summed E-state index contributed by atoms with van der Waals surface area (Å²) in [6.07, 6.45) is 2.82. The number of hydrogen-bond donors (Lipinski definition) is 1. The molecule has 0 aliphatic carbocycles. The summed E-state index contributed by atoms with van der Waals surface area (Å²) >= 11 is 0. The quantitative estimate of drug-likeness (QED) is 0.607. The second-order valence-electron chi connectivity index (χ2n) is 4.61. The normalized spacial score (nSPS) is 12.4. The maximum absolute atomic E-state index is 12.0. The minimum atomic E-state index is 0.169. The standard InChI is InChI=1S/C14H21NO/c1-4-5-10(2)9-14(16)12-8-11(3)6-7-13(12)15/h6-8,10H,4-5,9,15H2,1-3H3. The van der Waals surface area contributed by atoms with Gasteiger partial charge in [-0.2, -0.15) is 0 Å². The lowest BCUT2D eigenvalue weighted by Crippen LogP contribution is -2.08. The number of carbonyl (C=O) groups excluding carboxylic acids is 1. The van der Waals surface area contributed by atoms with Crippen LogP contribution in [0, 0.1) is 12.8 Å². The van der Waals surface area contributed by atoms with Crippen molar-refractivity contribution in [3.63, 3.8) is 0 Å². The summed E-state index contributed by atoms with van der Waals surface area (Å²) in [6.45, 7) is 6.24. The zero-order valence-electron chi connectivity index (χ0n) is 10.4. The van der Waals surface area contributed by atoms with Gasteiger partial charge < -0.3 is 5.73 Å². The Kier molecular flexibility index (Phi) is 4.53. The molecule has 1 atom stereocenters. The average Bonchev–Trinajstić information content (AvgIpc) is 2.21. The van der Waals surface area contributed by atoms with Gasteiger partial charge in [-0.15, -0.1) is 0 Å². The molecule has 0 aliphatic rings. The van der Waals surface area contributed by atoms with Gasteiger partial charge in [-0.3, -0.25) is 4.79 Å². The minimum absolute atomic E-state index is 0.169. The van der Waals surface area contributed by atoms with Crippen LogP contribution in [-0.4, -0.2) is 5.78 Å². The van der Waals surface area contributed by atoms with E-state index in [1.807, 2.05) is 25.1 Å². The Hall–Kier alpha value is -1.31. The van der Waals surface area contributed by atoms with E-state index in [1.165, 1.54) is 0 Å². The van der Waals surface area contributed by atoms with Crippen LogP contribution in [0.3, 0.4) is 0 Å². The van der Waals surface area contributed by atoms with Crippen LogP contribution < -0.4 is 5.73 Å².